The predicted octanol–water partition coefficient (Wildman–Crippen LogP) is 4.30. The van der Waals surface area contributed by atoms with Gasteiger partial charge in [-0.1, -0.05) is 6.07 Å². The molecule has 2 heterocycles. The Bertz CT molecular complexity index is 1260. The second-order valence-electron chi connectivity index (χ2n) is 6.95. The van der Waals surface area contributed by atoms with Gasteiger partial charge in [-0.2, -0.15) is 5.10 Å². The number of aromatic amines is 1. The molecular weight excluding hydrogens is 412 g/mol. The van der Waals surface area contributed by atoms with Crippen molar-refractivity contribution in [3.8, 4) is 11.5 Å². The first-order valence-corrected chi connectivity index (χ1v) is 10.5. The number of fused-ring (bicyclic) bond motifs is 1. The van der Waals surface area contributed by atoms with Crippen LogP contribution in [-0.2, 0) is 6.42 Å². The molecule has 1 amide bonds. The number of amides is 1. The van der Waals surface area contributed by atoms with Gasteiger partial charge in [0.1, 0.15) is 5.82 Å². The lowest BCUT2D eigenvalue weighted by Gasteiger charge is -2.08. The number of nitrogens with zero attached hydrogens (tertiary/aromatic N) is 2. The summed E-state index contributed by atoms with van der Waals surface area (Å²) in [5.41, 5.74) is 6.84. The van der Waals surface area contributed by atoms with Crippen LogP contribution >= 0.6 is 11.3 Å². The highest BCUT2D eigenvalue weighted by molar-refractivity contribution is 7.11. The lowest BCUT2D eigenvalue weighted by Crippen LogP contribution is -2.17. The Hall–Kier alpha value is -3.65. The van der Waals surface area contributed by atoms with Crippen molar-refractivity contribution in [3.05, 3.63) is 75.2 Å². The van der Waals surface area contributed by atoms with E-state index in [0.717, 1.165) is 32.9 Å². The number of thiophene rings is 1. The van der Waals surface area contributed by atoms with Crippen molar-refractivity contribution in [2.45, 2.75) is 13.3 Å². The molecule has 0 fully saturated rings. The molecule has 0 aliphatic rings. The molecule has 0 aliphatic carbocycles. The van der Waals surface area contributed by atoms with Crippen LogP contribution in [0.1, 0.15) is 32.2 Å². The van der Waals surface area contributed by atoms with Gasteiger partial charge in [0.25, 0.3) is 5.91 Å². The van der Waals surface area contributed by atoms with Crippen LogP contribution in [0.4, 0.5) is 0 Å². The molecule has 4 rings (SSSR count). The third kappa shape index (κ3) is 4.59. The SMILES string of the molecule is COc1ccc(Cc2nc3ccc(C(=O)N/N=C\c4sccc4C)cc3[nH]2)cc1OC. The summed E-state index contributed by atoms with van der Waals surface area (Å²) in [5.74, 6) is 1.88. The minimum atomic E-state index is -0.275. The molecule has 8 heteroatoms. The van der Waals surface area contributed by atoms with Crippen LogP contribution in [0.15, 0.2) is 52.9 Å². The summed E-state index contributed by atoms with van der Waals surface area (Å²) in [6.45, 7) is 2.01. The number of aromatic nitrogens is 2. The summed E-state index contributed by atoms with van der Waals surface area (Å²) in [5, 5.41) is 6.05. The standard InChI is InChI=1S/C23H22N4O3S/c1-14-8-9-31-21(14)13-24-27-23(28)16-5-6-17-18(12-16)26-22(25-17)11-15-4-7-19(29-2)20(10-15)30-3/h4-10,12-13H,11H2,1-3H3,(H,25,26)(H,27,28)/b24-13-. The molecule has 4 aromatic rings. The predicted molar refractivity (Wildman–Crippen MR) is 123 cm³/mol. The van der Waals surface area contributed by atoms with E-state index in [4.69, 9.17) is 9.47 Å². The van der Waals surface area contributed by atoms with E-state index in [1.54, 1.807) is 43.9 Å². The number of hydrogen-bond acceptors (Lipinski definition) is 6. The average molecular weight is 435 g/mol. The van der Waals surface area contributed by atoms with Gasteiger partial charge in [-0.3, -0.25) is 4.79 Å². The Morgan fingerprint density at radius 1 is 1.16 bits per heavy atom. The maximum atomic E-state index is 12.4. The third-order valence-corrected chi connectivity index (χ3v) is 5.82. The first-order valence-electron chi connectivity index (χ1n) is 9.64. The van der Waals surface area contributed by atoms with E-state index < -0.39 is 0 Å². The number of rotatable bonds is 7. The third-order valence-electron chi connectivity index (χ3n) is 4.86. The number of methoxy groups -OCH3 is 2. The highest BCUT2D eigenvalue weighted by atomic mass is 32.1. The molecule has 0 spiro atoms. The molecule has 31 heavy (non-hydrogen) atoms. The second-order valence-corrected chi connectivity index (χ2v) is 7.90. The highest BCUT2D eigenvalue weighted by Crippen LogP contribution is 2.28. The average Bonchev–Trinajstić information content (AvgIpc) is 3.38. The fourth-order valence-corrected chi connectivity index (χ4v) is 3.99. The zero-order valence-corrected chi connectivity index (χ0v) is 18.2. The number of benzene rings is 2. The van der Waals surface area contributed by atoms with Crippen molar-refractivity contribution in [2.24, 2.45) is 5.10 Å². The summed E-state index contributed by atoms with van der Waals surface area (Å²) >= 11 is 1.58. The molecule has 2 N–H and O–H groups in total. The first-order chi connectivity index (χ1) is 15.1. The molecule has 2 aromatic heterocycles. The van der Waals surface area contributed by atoms with E-state index in [1.165, 1.54) is 0 Å². The molecule has 0 radical (unpaired) electrons. The Balaban J connectivity index is 1.48. The van der Waals surface area contributed by atoms with Crippen LogP contribution in [0.25, 0.3) is 11.0 Å². The molecule has 0 bridgehead atoms. The van der Waals surface area contributed by atoms with Crippen molar-refractivity contribution in [3.63, 3.8) is 0 Å². The summed E-state index contributed by atoms with van der Waals surface area (Å²) < 4.78 is 10.7. The number of hydrogen-bond donors (Lipinski definition) is 2. The molecule has 0 saturated carbocycles. The molecule has 7 nitrogen and oxygen atoms in total. The molecule has 0 saturated heterocycles. The molecule has 158 valence electrons. The normalized spacial score (nSPS) is 11.2. The second kappa shape index (κ2) is 9.01. The molecular formula is C23H22N4O3S. The van der Waals surface area contributed by atoms with Gasteiger partial charge >= 0.3 is 0 Å². The van der Waals surface area contributed by atoms with E-state index in [-0.39, 0.29) is 5.91 Å². The topological polar surface area (TPSA) is 88.6 Å². The van der Waals surface area contributed by atoms with Crippen molar-refractivity contribution >= 4 is 34.5 Å². The number of hydrazone groups is 1. The summed E-state index contributed by atoms with van der Waals surface area (Å²) in [4.78, 5) is 21.4. The van der Waals surface area contributed by atoms with Crippen LogP contribution < -0.4 is 14.9 Å². The van der Waals surface area contributed by atoms with Crippen molar-refractivity contribution < 1.29 is 14.3 Å². The number of nitrogens with one attached hydrogen (secondary N) is 2. The van der Waals surface area contributed by atoms with E-state index in [2.05, 4.69) is 20.5 Å². The minimum absolute atomic E-state index is 0.275. The smallest absolute Gasteiger partial charge is 0.271 e. The number of aryl methyl sites for hydroxylation is 1. The molecule has 2 aromatic carbocycles. The monoisotopic (exact) mass is 434 g/mol. The summed E-state index contributed by atoms with van der Waals surface area (Å²) in [6.07, 6.45) is 2.26. The Labute approximate surface area is 183 Å². The maximum Gasteiger partial charge on any atom is 0.271 e. The quantitative estimate of drug-likeness (QED) is 0.335. The largest absolute Gasteiger partial charge is 0.493 e. The highest BCUT2D eigenvalue weighted by Gasteiger charge is 2.11. The van der Waals surface area contributed by atoms with E-state index in [1.807, 2.05) is 42.6 Å². The first kappa shape index (κ1) is 20.6. The Morgan fingerprint density at radius 2 is 2.00 bits per heavy atom. The fourth-order valence-electron chi connectivity index (χ4n) is 3.20. The Kier molecular flexibility index (Phi) is 5.99. The zero-order chi connectivity index (χ0) is 21.8. The van der Waals surface area contributed by atoms with Gasteiger partial charge in [-0.15, -0.1) is 11.3 Å². The maximum absolute atomic E-state index is 12.4. The van der Waals surface area contributed by atoms with Crippen molar-refractivity contribution in [2.75, 3.05) is 14.2 Å². The molecule has 0 unspecified atom stereocenters. The lowest BCUT2D eigenvalue weighted by atomic mass is 10.1. The van der Waals surface area contributed by atoms with Crippen molar-refractivity contribution in [1.82, 2.24) is 15.4 Å². The van der Waals surface area contributed by atoms with Gasteiger partial charge in [0.15, 0.2) is 11.5 Å². The minimum Gasteiger partial charge on any atom is -0.493 e. The molecule has 0 atom stereocenters. The number of carbonyl (C=O) groups excluding carboxylic acids is 1. The number of H-pyrrole nitrogens is 1. The number of ether oxygens (including phenoxy) is 2. The van der Waals surface area contributed by atoms with Crippen LogP contribution in [0, 0.1) is 6.92 Å². The van der Waals surface area contributed by atoms with Gasteiger partial charge < -0.3 is 14.5 Å². The summed E-state index contributed by atoms with van der Waals surface area (Å²) in [6, 6.07) is 13.1. The van der Waals surface area contributed by atoms with Crippen LogP contribution in [0.2, 0.25) is 0 Å². The van der Waals surface area contributed by atoms with Crippen LogP contribution in [0.3, 0.4) is 0 Å². The van der Waals surface area contributed by atoms with Gasteiger partial charge in [-0.25, -0.2) is 10.4 Å². The Morgan fingerprint density at radius 3 is 2.74 bits per heavy atom. The zero-order valence-electron chi connectivity index (χ0n) is 17.4. The van der Waals surface area contributed by atoms with E-state index in [0.29, 0.717) is 23.5 Å². The number of imidazole rings is 1. The fraction of sp³-hybridized carbons (Fsp3) is 0.174. The van der Waals surface area contributed by atoms with Gasteiger partial charge in [0.2, 0.25) is 0 Å². The van der Waals surface area contributed by atoms with Crippen molar-refractivity contribution in [1.29, 1.82) is 0 Å². The van der Waals surface area contributed by atoms with Crippen LogP contribution in [0.5, 0.6) is 11.5 Å². The van der Waals surface area contributed by atoms with E-state index in [9.17, 15) is 4.79 Å². The summed E-state index contributed by atoms with van der Waals surface area (Å²) in [7, 11) is 3.22. The number of carbonyl (C=O) groups is 1. The molecule has 0 aliphatic heterocycles. The van der Waals surface area contributed by atoms with Crippen LogP contribution in [-0.4, -0.2) is 36.3 Å². The lowest BCUT2D eigenvalue weighted by molar-refractivity contribution is 0.0955. The van der Waals surface area contributed by atoms with Gasteiger partial charge in [0.05, 0.1) is 31.5 Å². The van der Waals surface area contributed by atoms with Gasteiger partial charge in [0, 0.05) is 16.9 Å². The van der Waals surface area contributed by atoms with Gasteiger partial charge in [-0.05, 0) is 59.8 Å². The van der Waals surface area contributed by atoms with E-state index >= 15 is 0 Å².